The van der Waals surface area contributed by atoms with Crippen LogP contribution in [0.15, 0.2) is 59.3 Å². The second-order valence-electron chi connectivity index (χ2n) is 5.82. The molecule has 6 nitrogen and oxygen atoms in total. The Bertz CT molecular complexity index is 1090. The van der Waals surface area contributed by atoms with Crippen molar-refractivity contribution in [2.24, 2.45) is 7.05 Å². The van der Waals surface area contributed by atoms with E-state index >= 15 is 0 Å². The first kappa shape index (κ1) is 16.5. The van der Waals surface area contributed by atoms with Crippen molar-refractivity contribution in [1.29, 1.82) is 0 Å². The Morgan fingerprint density at radius 1 is 1.08 bits per heavy atom. The van der Waals surface area contributed by atoms with Crippen LogP contribution < -0.4 is 10.1 Å². The molecule has 4 aromatic rings. The summed E-state index contributed by atoms with van der Waals surface area (Å²) in [6.07, 6.45) is 1.47. The molecule has 0 unspecified atom stereocenters. The number of anilines is 2. The van der Waals surface area contributed by atoms with Gasteiger partial charge in [0.1, 0.15) is 23.7 Å². The molecule has 7 heteroatoms. The zero-order chi connectivity index (χ0) is 18.1. The van der Waals surface area contributed by atoms with Crippen LogP contribution in [0.3, 0.4) is 0 Å². The van der Waals surface area contributed by atoms with Crippen LogP contribution in [-0.2, 0) is 7.05 Å². The van der Waals surface area contributed by atoms with Gasteiger partial charge in [-0.2, -0.15) is 0 Å². The first-order valence-electron chi connectivity index (χ1n) is 8.05. The second kappa shape index (κ2) is 6.76. The van der Waals surface area contributed by atoms with Crippen molar-refractivity contribution < 1.29 is 4.74 Å². The minimum Gasteiger partial charge on any atom is -0.438 e. The van der Waals surface area contributed by atoms with Gasteiger partial charge in [-0.15, -0.1) is 0 Å². The highest BCUT2D eigenvalue weighted by Crippen LogP contribution is 2.29. The van der Waals surface area contributed by atoms with Crippen LogP contribution in [-0.4, -0.2) is 19.5 Å². The largest absolute Gasteiger partial charge is 0.438 e. The van der Waals surface area contributed by atoms with E-state index in [1.807, 2.05) is 56.4 Å². The molecule has 2 aromatic carbocycles. The quantitative estimate of drug-likeness (QED) is 0.515. The van der Waals surface area contributed by atoms with Crippen LogP contribution in [0.1, 0.15) is 5.82 Å². The summed E-state index contributed by atoms with van der Waals surface area (Å²) in [6.45, 7) is 1.99. The second-order valence-corrected chi connectivity index (χ2v) is 6.67. The Kier molecular flexibility index (Phi) is 4.30. The van der Waals surface area contributed by atoms with Crippen LogP contribution in [0.5, 0.6) is 11.6 Å². The number of imidazole rings is 1. The maximum atomic E-state index is 5.82. The molecular weight excluding hydrogens is 394 g/mol. The first-order valence-corrected chi connectivity index (χ1v) is 8.84. The molecule has 1 N–H and O–H groups in total. The summed E-state index contributed by atoms with van der Waals surface area (Å²) in [5.41, 5.74) is 2.93. The molecule has 4 rings (SSSR count). The van der Waals surface area contributed by atoms with E-state index in [1.165, 1.54) is 6.33 Å². The Balaban J connectivity index is 1.58. The monoisotopic (exact) mass is 409 g/mol. The summed E-state index contributed by atoms with van der Waals surface area (Å²) in [7, 11) is 2.01. The molecule has 0 amide bonds. The van der Waals surface area contributed by atoms with Gasteiger partial charge >= 0.3 is 0 Å². The van der Waals surface area contributed by atoms with E-state index in [1.54, 1.807) is 6.07 Å². The van der Waals surface area contributed by atoms with E-state index in [0.717, 1.165) is 27.0 Å². The number of hydrogen-bond donors (Lipinski definition) is 1. The number of fused-ring (bicyclic) bond motifs is 1. The van der Waals surface area contributed by atoms with Gasteiger partial charge in [-0.3, -0.25) is 0 Å². The summed E-state index contributed by atoms with van der Waals surface area (Å²) >= 11 is 3.46. The maximum absolute atomic E-state index is 5.82. The van der Waals surface area contributed by atoms with E-state index in [4.69, 9.17) is 4.74 Å². The van der Waals surface area contributed by atoms with E-state index in [9.17, 15) is 0 Å². The number of aromatic nitrogens is 4. The van der Waals surface area contributed by atoms with Crippen LogP contribution in [0.2, 0.25) is 0 Å². The fourth-order valence-electron chi connectivity index (χ4n) is 2.65. The number of nitrogens with one attached hydrogen (secondary N) is 1. The maximum Gasteiger partial charge on any atom is 0.224 e. The fraction of sp³-hybridized carbons (Fsp3) is 0.105. The highest BCUT2D eigenvalue weighted by atomic mass is 79.9. The summed E-state index contributed by atoms with van der Waals surface area (Å²) in [6, 6.07) is 15.4. The number of ether oxygens (including phenoxy) is 1. The van der Waals surface area contributed by atoms with Crippen molar-refractivity contribution in [3.05, 3.63) is 65.2 Å². The summed E-state index contributed by atoms with van der Waals surface area (Å²) in [4.78, 5) is 13.0. The van der Waals surface area contributed by atoms with Gasteiger partial charge in [0.05, 0.1) is 15.5 Å². The average Bonchev–Trinajstić information content (AvgIpc) is 2.91. The lowest BCUT2D eigenvalue weighted by Gasteiger charge is -2.09. The van der Waals surface area contributed by atoms with Gasteiger partial charge in [0.2, 0.25) is 5.88 Å². The van der Waals surface area contributed by atoms with Gasteiger partial charge in [-0.05, 0) is 53.2 Å². The molecule has 0 atom stereocenters. The van der Waals surface area contributed by atoms with E-state index in [-0.39, 0.29) is 0 Å². The van der Waals surface area contributed by atoms with Gasteiger partial charge in [0.25, 0.3) is 0 Å². The Morgan fingerprint density at radius 2 is 1.92 bits per heavy atom. The smallest absolute Gasteiger partial charge is 0.224 e. The molecule has 2 heterocycles. The Morgan fingerprint density at radius 3 is 2.77 bits per heavy atom. The number of rotatable bonds is 4. The van der Waals surface area contributed by atoms with Gasteiger partial charge < -0.3 is 14.6 Å². The van der Waals surface area contributed by atoms with Gasteiger partial charge in [0, 0.05) is 18.8 Å². The number of halogens is 1. The summed E-state index contributed by atoms with van der Waals surface area (Å²) < 4.78 is 8.75. The van der Waals surface area contributed by atoms with Crippen LogP contribution in [0.4, 0.5) is 11.5 Å². The normalized spacial score (nSPS) is 10.9. The average molecular weight is 410 g/mol. The Hall–Kier alpha value is -2.93. The molecule has 0 fully saturated rings. The SMILES string of the molecule is Cc1nc2cc(Nc3cc(Oc4ccccc4Br)ncn3)ccc2n1C. The molecule has 0 saturated heterocycles. The number of para-hydroxylation sites is 1. The van der Waals surface area contributed by atoms with Crippen molar-refractivity contribution in [1.82, 2.24) is 19.5 Å². The fourth-order valence-corrected chi connectivity index (χ4v) is 3.02. The van der Waals surface area contributed by atoms with E-state index in [0.29, 0.717) is 17.4 Å². The lowest BCUT2D eigenvalue weighted by molar-refractivity contribution is 0.459. The molecule has 0 aliphatic carbocycles. The third-order valence-electron chi connectivity index (χ3n) is 4.07. The molecule has 0 spiro atoms. The van der Waals surface area contributed by atoms with E-state index < -0.39 is 0 Å². The standard InChI is InChI=1S/C19H16BrN5O/c1-12-23-15-9-13(7-8-16(15)25(12)2)24-18-10-19(22-11-21-18)26-17-6-4-3-5-14(17)20/h3-11H,1-2H3,(H,21,22,24). The molecular formula is C19H16BrN5O. The third-order valence-corrected chi connectivity index (χ3v) is 4.73. The molecule has 2 aromatic heterocycles. The van der Waals surface area contributed by atoms with Gasteiger partial charge in [0.15, 0.2) is 0 Å². The first-order chi connectivity index (χ1) is 12.6. The summed E-state index contributed by atoms with van der Waals surface area (Å²) in [5.74, 6) is 2.78. The predicted octanol–water partition coefficient (Wildman–Crippen LogP) is 4.97. The molecule has 0 aliphatic heterocycles. The van der Waals surface area contributed by atoms with Crippen LogP contribution >= 0.6 is 15.9 Å². The molecule has 130 valence electrons. The third kappa shape index (κ3) is 3.25. The number of hydrogen-bond acceptors (Lipinski definition) is 5. The molecule has 0 saturated carbocycles. The van der Waals surface area contributed by atoms with Crippen LogP contribution in [0.25, 0.3) is 11.0 Å². The molecule has 0 radical (unpaired) electrons. The van der Waals surface area contributed by atoms with Crippen molar-refractivity contribution >= 4 is 38.5 Å². The molecule has 0 aliphatic rings. The van der Waals surface area contributed by atoms with Crippen molar-refractivity contribution in [3.63, 3.8) is 0 Å². The highest BCUT2D eigenvalue weighted by Gasteiger charge is 2.07. The van der Waals surface area contributed by atoms with E-state index in [2.05, 4.69) is 40.8 Å². The highest BCUT2D eigenvalue weighted by molar-refractivity contribution is 9.10. The van der Waals surface area contributed by atoms with Crippen LogP contribution in [0, 0.1) is 6.92 Å². The van der Waals surface area contributed by atoms with Crippen molar-refractivity contribution in [2.75, 3.05) is 5.32 Å². The minimum atomic E-state index is 0.462. The lowest BCUT2D eigenvalue weighted by atomic mass is 10.2. The number of aryl methyl sites for hydroxylation is 2. The number of benzene rings is 2. The van der Waals surface area contributed by atoms with Gasteiger partial charge in [-0.25, -0.2) is 15.0 Å². The van der Waals surface area contributed by atoms with Crippen molar-refractivity contribution in [2.45, 2.75) is 6.92 Å². The molecule has 0 bridgehead atoms. The zero-order valence-corrected chi connectivity index (χ0v) is 15.9. The lowest BCUT2D eigenvalue weighted by Crippen LogP contribution is -1.96. The number of nitrogens with zero attached hydrogens (tertiary/aromatic N) is 4. The Labute approximate surface area is 159 Å². The zero-order valence-electron chi connectivity index (χ0n) is 14.3. The minimum absolute atomic E-state index is 0.462. The van der Waals surface area contributed by atoms with Gasteiger partial charge in [-0.1, -0.05) is 12.1 Å². The topological polar surface area (TPSA) is 64.9 Å². The molecule has 26 heavy (non-hydrogen) atoms. The summed E-state index contributed by atoms with van der Waals surface area (Å²) in [5, 5.41) is 3.27. The predicted molar refractivity (Wildman–Crippen MR) is 105 cm³/mol. The van der Waals surface area contributed by atoms with Crippen molar-refractivity contribution in [3.8, 4) is 11.6 Å².